The molecule has 2 aromatic carbocycles. The molecule has 0 aliphatic rings. The van der Waals surface area contributed by atoms with Gasteiger partial charge >= 0.3 is 0 Å². The van der Waals surface area contributed by atoms with E-state index in [1.54, 1.807) is 30.3 Å². The Bertz CT molecular complexity index is 773. The van der Waals surface area contributed by atoms with E-state index in [0.717, 1.165) is 0 Å². The van der Waals surface area contributed by atoms with Gasteiger partial charge < -0.3 is 10.2 Å². The highest BCUT2D eigenvalue weighted by molar-refractivity contribution is 6.31. The number of hydrogen-bond donors (Lipinski definition) is 1. The third-order valence-corrected chi connectivity index (χ3v) is 2.99. The number of halogens is 1. The molecule has 1 aromatic heterocycles. The van der Waals surface area contributed by atoms with E-state index >= 15 is 0 Å². The number of nitrogens with one attached hydrogen (secondary N) is 1. The minimum atomic E-state index is -0.285. The van der Waals surface area contributed by atoms with E-state index in [1.807, 2.05) is 18.2 Å². The summed E-state index contributed by atoms with van der Waals surface area (Å²) in [5.74, 6) is -0.285. The largest absolute Gasteiger partial charge is 0.385 e. The van der Waals surface area contributed by atoms with Gasteiger partial charge in [-0.3, -0.25) is 4.79 Å². The lowest BCUT2D eigenvalue weighted by Crippen LogP contribution is -2.26. The molecule has 3 rings (SSSR count). The molecule has 0 aliphatic heterocycles. The Morgan fingerprint density at radius 1 is 1.24 bits per heavy atom. The number of aromatic nitrogens is 3. The molecule has 6 nitrogen and oxygen atoms in total. The Hall–Kier alpha value is -2.60. The number of benzene rings is 2. The summed E-state index contributed by atoms with van der Waals surface area (Å²) in [6.45, 7) is -0.181. The summed E-state index contributed by atoms with van der Waals surface area (Å²) in [5.41, 5.74) is 1.95. The number of carbonyl (C=O) groups is 1. The predicted molar refractivity (Wildman–Crippen MR) is 79.1 cm³/mol. The van der Waals surface area contributed by atoms with E-state index in [-0.39, 0.29) is 12.5 Å². The second kappa shape index (κ2) is 5.80. The summed E-state index contributed by atoms with van der Waals surface area (Å²) in [6, 6.07) is 14.3. The molecule has 106 valence electrons. The zero-order chi connectivity index (χ0) is 14.7. The molecule has 0 radical (unpaired) electrons. The molecule has 3 aromatic rings. The average Bonchev–Trinajstić information content (AvgIpc) is 2.88. The van der Waals surface area contributed by atoms with Crippen molar-refractivity contribution in [3.63, 3.8) is 0 Å². The fourth-order valence-corrected chi connectivity index (χ4v) is 1.97. The van der Waals surface area contributed by atoms with Crippen LogP contribution in [-0.4, -0.2) is 27.7 Å². The van der Waals surface area contributed by atoms with Gasteiger partial charge in [0.1, 0.15) is 11.0 Å². The lowest BCUT2D eigenvalue weighted by atomic mass is 10.3. The van der Waals surface area contributed by atoms with E-state index in [2.05, 4.69) is 15.6 Å². The number of anilines is 1. The van der Waals surface area contributed by atoms with E-state index in [9.17, 15) is 4.79 Å². The quantitative estimate of drug-likeness (QED) is 0.802. The van der Waals surface area contributed by atoms with Crippen molar-refractivity contribution in [2.75, 3.05) is 11.9 Å². The predicted octanol–water partition coefficient (Wildman–Crippen LogP) is 2.15. The van der Waals surface area contributed by atoms with Crippen LogP contribution in [0, 0.1) is 0 Å². The number of carbonyl (C=O) groups excluding carboxylic acids is 1. The highest BCUT2D eigenvalue weighted by atomic mass is 35.5. The average molecular weight is 303 g/mol. The highest BCUT2D eigenvalue weighted by Crippen LogP contribution is 2.16. The summed E-state index contributed by atoms with van der Waals surface area (Å²) < 4.78 is 0. The summed E-state index contributed by atoms with van der Waals surface area (Å²) in [4.78, 5) is 18.3. The van der Waals surface area contributed by atoms with Crippen molar-refractivity contribution in [3.8, 4) is 0 Å². The van der Waals surface area contributed by atoms with Crippen molar-refractivity contribution < 1.29 is 9.63 Å². The molecular weight excluding hydrogens is 292 g/mol. The Labute approximate surface area is 125 Å². The molecule has 1 N–H and O–H groups in total. The van der Waals surface area contributed by atoms with Gasteiger partial charge in [0, 0.05) is 10.7 Å². The molecule has 0 spiro atoms. The molecule has 1 amide bonds. The number of rotatable bonds is 4. The van der Waals surface area contributed by atoms with Gasteiger partial charge in [-0.05, 0) is 35.5 Å². The molecule has 21 heavy (non-hydrogen) atoms. The lowest BCUT2D eigenvalue weighted by Gasteiger charge is -2.06. The van der Waals surface area contributed by atoms with Crippen LogP contribution in [0.25, 0.3) is 11.0 Å². The lowest BCUT2D eigenvalue weighted by molar-refractivity contribution is -0.121. The molecule has 0 bridgehead atoms. The first-order valence-electron chi connectivity index (χ1n) is 6.21. The maximum atomic E-state index is 11.8. The number of nitrogens with zero attached hydrogens (tertiary/aromatic N) is 3. The van der Waals surface area contributed by atoms with Gasteiger partial charge in [0.15, 0.2) is 6.61 Å². The van der Waals surface area contributed by atoms with Crippen LogP contribution >= 0.6 is 11.6 Å². The first-order valence-corrected chi connectivity index (χ1v) is 6.59. The van der Waals surface area contributed by atoms with E-state index in [4.69, 9.17) is 16.4 Å². The van der Waals surface area contributed by atoms with Crippen molar-refractivity contribution in [2.24, 2.45) is 0 Å². The van der Waals surface area contributed by atoms with Gasteiger partial charge in [-0.2, -0.15) is 0 Å². The monoisotopic (exact) mass is 302 g/mol. The molecular formula is C14H11ClN4O2. The number of amides is 1. The second-order valence-corrected chi connectivity index (χ2v) is 4.72. The third-order valence-electron chi connectivity index (χ3n) is 2.75. The maximum Gasteiger partial charge on any atom is 0.265 e. The van der Waals surface area contributed by atoms with Crippen LogP contribution in [0.1, 0.15) is 0 Å². The molecule has 0 unspecified atom stereocenters. The number of hydrogen-bond acceptors (Lipinski definition) is 4. The number of fused-ring (bicyclic) bond motifs is 1. The van der Waals surface area contributed by atoms with Gasteiger partial charge in [0.2, 0.25) is 0 Å². The zero-order valence-corrected chi connectivity index (χ0v) is 11.6. The normalized spacial score (nSPS) is 10.5. The summed E-state index contributed by atoms with van der Waals surface area (Å²) in [7, 11) is 0. The van der Waals surface area contributed by atoms with Gasteiger partial charge in [0.05, 0.1) is 0 Å². The van der Waals surface area contributed by atoms with Crippen LogP contribution in [0.2, 0.25) is 5.02 Å². The van der Waals surface area contributed by atoms with Gasteiger partial charge in [0.25, 0.3) is 5.91 Å². The minimum absolute atomic E-state index is 0.181. The zero-order valence-electron chi connectivity index (χ0n) is 10.9. The summed E-state index contributed by atoms with van der Waals surface area (Å²) >= 11 is 5.91. The van der Waals surface area contributed by atoms with E-state index in [0.29, 0.717) is 21.7 Å². The topological polar surface area (TPSA) is 69.0 Å². The Morgan fingerprint density at radius 2 is 2.05 bits per heavy atom. The van der Waals surface area contributed by atoms with Crippen molar-refractivity contribution in [1.82, 2.24) is 15.2 Å². The Balaban J connectivity index is 1.66. The van der Waals surface area contributed by atoms with Crippen LogP contribution in [0.15, 0.2) is 48.5 Å². The highest BCUT2D eigenvalue weighted by Gasteiger charge is 2.08. The third kappa shape index (κ3) is 3.11. The van der Waals surface area contributed by atoms with Crippen LogP contribution in [-0.2, 0) is 4.79 Å². The number of para-hydroxylation sites is 1. The molecule has 0 saturated carbocycles. The van der Waals surface area contributed by atoms with Crippen LogP contribution < -0.4 is 10.2 Å². The molecule has 7 heteroatoms. The van der Waals surface area contributed by atoms with E-state index in [1.165, 1.54) is 4.85 Å². The summed E-state index contributed by atoms with van der Waals surface area (Å²) in [5, 5.41) is 11.0. The molecule has 1 heterocycles. The molecule has 0 saturated heterocycles. The van der Waals surface area contributed by atoms with Crippen LogP contribution in [0.4, 0.5) is 5.69 Å². The standard InChI is InChI=1S/C14H11ClN4O2/c15-10-6-7-12-13(8-10)19(18-17-12)21-9-14(20)16-11-4-2-1-3-5-11/h1-8H,9H2,(H,16,20). The SMILES string of the molecule is O=C(COn1nnc2ccc(Cl)cc21)Nc1ccccc1. The van der Waals surface area contributed by atoms with Gasteiger partial charge in [-0.15, -0.1) is 5.10 Å². The van der Waals surface area contributed by atoms with Crippen molar-refractivity contribution in [3.05, 3.63) is 53.6 Å². The van der Waals surface area contributed by atoms with E-state index < -0.39 is 0 Å². The van der Waals surface area contributed by atoms with Crippen molar-refractivity contribution >= 4 is 34.2 Å². The fraction of sp³-hybridized carbons (Fsp3) is 0.0714. The Morgan fingerprint density at radius 3 is 2.86 bits per heavy atom. The van der Waals surface area contributed by atoms with Crippen molar-refractivity contribution in [2.45, 2.75) is 0 Å². The van der Waals surface area contributed by atoms with Crippen LogP contribution in [0.5, 0.6) is 0 Å². The minimum Gasteiger partial charge on any atom is -0.385 e. The maximum absolute atomic E-state index is 11.8. The fourth-order valence-electron chi connectivity index (χ4n) is 1.81. The molecule has 0 atom stereocenters. The first kappa shape index (κ1) is 13.4. The molecule has 0 aliphatic carbocycles. The van der Waals surface area contributed by atoms with Crippen molar-refractivity contribution in [1.29, 1.82) is 0 Å². The van der Waals surface area contributed by atoms with Crippen LogP contribution in [0.3, 0.4) is 0 Å². The summed E-state index contributed by atoms with van der Waals surface area (Å²) in [6.07, 6.45) is 0. The Kier molecular flexibility index (Phi) is 3.70. The van der Waals surface area contributed by atoms with Gasteiger partial charge in [-0.25, -0.2) is 0 Å². The second-order valence-electron chi connectivity index (χ2n) is 4.28. The smallest absolute Gasteiger partial charge is 0.265 e. The van der Waals surface area contributed by atoms with Gasteiger partial charge in [-0.1, -0.05) is 34.6 Å². The first-order chi connectivity index (χ1) is 10.2. The molecule has 0 fully saturated rings.